The second-order valence-electron chi connectivity index (χ2n) is 2.97. The van der Waals surface area contributed by atoms with Gasteiger partial charge in [-0.3, -0.25) is 0 Å². The molecule has 0 aromatic heterocycles. The number of aliphatic hydroxyl groups is 1. The third kappa shape index (κ3) is 2.83. The predicted octanol–water partition coefficient (Wildman–Crippen LogP) is 3.03. The second-order valence-corrected chi connectivity index (χ2v) is 4.23. The van der Waals surface area contributed by atoms with Crippen LogP contribution >= 0.6 is 27.5 Å². The molecular formula is C9H10BrClFNO. The van der Waals surface area contributed by atoms with Crippen molar-refractivity contribution < 1.29 is 9.50 Å². The molecule has 0 amide bonds. The third-order valence-corrected chi connectivity index (χ3v) is 2.59. The maximum atomic E-state index is 12.8. The zero-order valence-corrected chi connectivity index (χ0v) is 9.86. The van der Waals surface area contributed by atoms with Gasteiger partial charge in [0.05, 0.1) is 17.3 Å². The Morgan fingerprint density at radius 2 is 2.29 bits per heavy atom. The van der Waals surface area contributed by atoms with Gasteiger partial charge in [-0.05, 0) is 35.0 Å². The van der Waals surface area contributed by atoms with Crippen LogP contribution in [0.5, 0.6) is 0 Å². The van der Waals surface area contributed by atoms with E-state index in [0.29, 0.717) is 10.2 Å². The number of nitrogens with one attached hydrogen (secondary N) is 1. The van der Waals surface area contributed by atoms with E-state index in [2.05, 4.69) is 21.2 Å². The van der Waals surface area contributed by atoms with Gasteiger partial charge in [-0.25, -0.2) is 4.39 Å². The summed E-state index contributed by atoms with van der Waals surface area (Å²) in [5, 5.41) is 12.1. The molecule has 0 heterocycles. The van der Waals surface area contributed by atoms with Crippen LogP contribution in [0.4, 0.5) is 10.1 Å². The van der Waals surface area contributed by atoms with Crippen molar-refractivity contribution in [2.45, 2.75) is 13.0 Å². The first-order valence-corrected chi connectivity index (χ1v) is 5.23. The van der Waals surface area contributed by atoms with Gasteiger partial charge in [0, 0.05) is 10.5 Å². The molecule has 0 bridgehead atoms. The molecule has 14 heavy (non-hydrogen) atoms. The van der Waals surface area contributed by atoms with E-state index in [1.165, 1.54) is 12.1 Å². The Morgan fingerprint density at radius 3 is 2.79 bits per heavy atom. The minimum atomic E-state index is -0.399. The summed E-state index contributed by atoms with van der Waals surface area (Å²) in [5.41, 5.74) is 0.592. The van der Waals surface area contributed by atoms with Gasteiger partial charge in [-0.2, -0.15) is 0 Å². The highest BCUT2D eigenvalue weighted by atomic mass is 79.9. The lowest BCUT2D eigenvalue weighted by atomic mass is 10.2. The maximum Gasteiger partial charge on any atom is 0.125 e. The molecule has 1 unspecified atom stereocenters. The third-order valence-electron chi connectivity index (χ3n) is 1.67. The van der Waals surface area contributed by atoms with Crippen molar-refractivity contribution in [3.63, 3.8) is 0 Å². The zero-order chi connectivity index (χ0) is 10.7. The van der Waals surface area contributed by atoms with E-state index >= 15 is 0 Å². The average Bonchev–Trinajstić information content (AvgIpc) is 2.10. The summed E-state index contributed by atoms with van der Waals surface area (Å²) < 4.78 is 13.4. The van der Waals surface area contributed by atoms with Gasteiger partial charge in [-0.1, -0.05) is 11.6 Å². The summed E-state index contributed by atoms with van der Waals surface area (Å²) in [7, 11) is 0. The summed E-state index contributed by atoms with van der Waals surface area (Å²) in [5.74, 6) is -0.399. The Bertz CT molecular complexity index is 312. The number of halogens is 3. The van der Waals surface area contributed by atoms with E-state index in [0.717, 1.165) is 0 Å². The molecule has 1 rings (SSSR count). The van der Waals surface area contributed by atoms with Gasteiger partial charge >= 0.3 is 0 Å². The molecule has 0 aliphatic carbocycles. The molecule has 0 radical (unpaired) electrons. The lowest BCUT2D eigenvalue weighted by Crippen LogP contribution is -2.19. The van der Waals surface area contributed by atoms with Gasteiger partial charge in [0.15, 0.2) is 0 Å². The Labute approximate surface area is 95.2 Å². The maximum absolute atomic E-state index is 12.8. The van der Waals surface area contributed by atoms with E-state index in [9.17, 15) is 4.39 Å². The Hall–Kier alpha value is -0.320. The Balaban J connectivity index is 2.96. The molecule has 1 atom stereocenters. The molecule has 0 saturated carbocycles. The first-order chi connectivity index (χ1) is 6.54. The van der Waals surface area contributed by atoms with Crippen LogP contribution in [0.15, 0.2) is 16.6 Å². The van der Waals surface area contributed by atoms with Gasteiger partial charge in [0.2, 0.25) is 0 Å². The lowest BCUT2D eigenvalue weighted by Gasteiger charge is -2.15. The first-order valence-electron chi connectivity index (χ1n) is 4.06. The van der Waals surface area contributed by atoms with Gasteiger partial charge in [-0.15, -0.1) is 0 Å². The van der Waals surface area contributed by atoms with E-state index in [1.807, 2.05) is 0 Å². The average molecular weight is 283 g/mol. The minimum absolute atomic E-state index is 0.0137. The number of hydrogen-bond acceptors (Lipinski definition) is 2. The van der Waals surface area contributed by atoms with Crippen LogP contribution in [0.1, 0.15) is 6.92 Å². The highest BCUT2D eigenvalue weighted by Crippen LogP contribution is 2.31. The molecule has 0 aliphatic heterocycles. The summed E-state index contributed by atoms with van der Waals surface area (Å²) >= 11 is 9.01. The molecule has 1 aromatic carbocycles. The van der Waals surface area contributed by atoms with Crippen molar-refractivity contribution in [3.8, 4) is 0 Å². The lowest BCUT2D eigenvalue weighted by molar-refractivity contribution is 0.281. The van der Waals surface area contributed by atoms with Crippen LogP contribution in [0.2, 0.25) is 5.02 Å². The first kappa shape index (κ1) is 11.8. The molecule has 0 saturated heterocycles. The van der Waals surface area contributed by atoms with Gasteiger partial charge < -0.3 is 10.4 Å². The molecule has 2 N–H and O–H groups in total. The quantitative estimate of drug-likeness (QED) is 0.893. The topological polar surface area (TPSA) is 32.3 Å². The van der Waals surface area contributed by atoms with Crippen molar-refractivity contribution >= 4 is 33.2 Å². The number of rotatable bonds is 3. The van der Waals surface area contributed by atoms with Crippen molar-refractivity contribution in [2.75, 3.05) is 11.9 Å². The van der Waals surface area contributed by atoms with Gasteiger partial charge in [0.25, 0.3) is 0 Å². The summed E-state index contributed by atoms with van der Waals surface area (Å²) in [4.78, 5) is 0. The van der Waals surface area contributed by atoms with Crippen LogP contribution in [-0.4, -0.2) is 17.8 Å². The zero-order valence-electron chi connectivity index (χ0n) is 7.52. The number of aliphatic hydroxyl groups excluding tert-OH is 1. The van der Waals surface area contributed by atoms with Gasteiger partial charge in [0.1, 0.15) is 5.82 Å². The molecule has 0 aliphatic rings. The molecule has 2 nitrogen and oxygen atoms in total. The van der Waals surface area contributed by atoms with Crippen molar-refractivity contribution in [1.82, 2.24) is 0 Å². The van der Waals surface area contributed by atoms with Crippen LogP contribution < -0.4 is 5.32 Å². The summed E-state index contributed by atoms with van der Waals surface area (Å²) in [6.07, 6.45) is 0. The molecule has 5 heteroatoms. The predicted molar refractivity (Wildman–Crippen MR) is 59.3 cm³/mol. The summed E-state index contributed by atoms with van der Waals surface area (Å²) in [6, 6.07) is 2.41. The highest BCUT2D eigenvalue weighted by molar-refractivity contribution is 9.10. The van der Waals surface area contributed by atoms with Crippen LogP contribution in [0.25, 0.3) is 0 Å². The smallest absolute Gasteiger partial charge is 0.125 e. The highest BCUT2D eigenvalue weighted by Gasteiger charge is 2.09. The monoisotopic (exact) mass is 281 g/mol. The van der Waals surface area contributed by atoms with Crippen molar-refractivity contribution in [2.24, 2.45) is 0 Å². The largest absolute Gasteiger partial charge is 0.394 e. The molecule has 1 aromatic rings. The standard InChI is InChI=1S/C9H10BrClFNO/c1-5(4-14)13-9-7(10)2-6(12)3-8(9)11/h2-3,5,13-14H,4H2,1H3. The molecule has 0 spiro atoms. The number of hydrogen-bond donors (Lipinski definition) is 2. The van der Waals surface area contributed by atoms with E-state index in [1.54, 1.807) is 6.92 Å². The fraction of sp³-hybridized carbons (Fsp3) is 0.333. The SMILES string of the molecule is CC(CO)Nc1c(Cl)cc(F)cc1Br. The van der Waals surface area contributed by atoms with Crippen LogP contribution in [0.3, 0.4) is 0 Å². The summed E-state index contributed by atoms with van der Waals surface area (Å²) in [6.45, 7) is 1.78. The fourth-order valence-electron chi connectivity index (χ4n) is 0.972. The Morgan fingerprint density at radius 1 is 1.64 bits per heavy atom. The molecular weight excluding hydrogens is 272 g/mol. The Kier molecular flexibility index (Phi) is 4.16. The normalized spacial score (nSPS) is 12.6. The van der Waals surface area contributed by atoms with Crippen molar-refractivity contribution in [3.05, 3.63) is 27.4 Å². The van der Waals surface area contributed by atoms with E-state index < -0.39 is 5.82 Å². The van der Waals surface area contributed by atoms with E-state index in [-0.39, 0.29) is 17.7 Å². The fourth-order valence-corrected chi connectivity index (χ4v) is 1.89. The number of benzene rings is 1. The van der Waals surface area contributed by atoms with Crippen LogP contribution in [-0.2, 0) is 0 Å². The molecule has 78 valence electrons. The second kappa shape index (κ2) is 4.96. The minimum Gasteiger partial charge on any atom is -0.394 e. The molecule has 0 fully saturated rings. The van der Waals surface area contributed by atoms with Crippen LogP contribution in [0, 0.1) is 5.82 Å². The number of anilines is 1. The van der Waals surface area contributed by atoms with E-state index in [4.69, 9.17) is 16.7 Å². The van der Waals surface area contributed by atoms with Crippen molar-refractivity contribution in [1.29, 1.82) is 0 Å².